The Bertz CT molecular complexity index is 679. The van der Waals surface area contributed by atoms with Gasteiger partial charge in [0.15, 0.2) is 5.69 Å². The van der Waals surface area contributed by atoms with Crippen molar-refractivity contribution in [1.82, 2.24) is 19.6 Å². The number of carbonyl (C=O) groups excluding carboxylic acids is 2. The van der Waals surface area contributed by atoms with Crippen molar-refractivity contribution >= 4 is 12.0 Å². The Morgan fingerprint density at radius 1 is 1.08 bits per heavy atom. The molecule has 0 aliphatic carbocycles. The lowest BCUT2D eigenvalue weighted by atomic mass is 10.2. The van der Waals surface area contributed by atoms with Gasteiger partial charge in [-0.2, -0.15) is 18.3 Å². The van der Waals surface area contributed by atoms with Gasteiger partial charge >= 0.3 is 12.3 Å². The number of halogens is 3. The Kier molecular flexibility index (Phi) is 5.52. The number of rotatable bonds is 1. The Balaban J connectivity index is 2.10. The molecule has 0 unspecified atom stereocenters. The van der Waals surface area contributed by atoms with Crippen molar-refractivity contribution in [3.05, 3.63) is 17.5 Å². The summed E-state index contributed by atoms with van der Waals surface area (Å²) in [4.78, 5) is 27.5. The van der Waals surface area contributed by atoms with Crippen LogP contribution in [0.1, 0.15) is 43.2 Å². The Morgan fingerprint density at radius 2 is 1.65 bits per heavy atom. The van der Waals surface area contributed by atoms with Crippen LogP contribution < -0.4 is 0 Å². The lowest BCUT2D eigenvalue weighted by molar-refractivity contribution is -0.141. The molecule has 0 aromatic carbocycles. The number of aromatic nitrogens is 2. The number of hydrogen-bond acceptors (Lipinski definition) is 4. The molecular weight excluding hydrogens is 353 g/mol. The van der Waals surface area contributed by atoms with Crippen molar-refractivity contribution in [2.75, 3.05) is 26.2 Å². The average molecular weight is 376 g/mol. The number of amides is 2. The van der Waals surface area contributed by atoms with Crippen LogP contribution in [-0.4, -0.2) is 63.4 Å². The Morgan fingerprint density at radius 3 is 2.23 bits per heavy atom. The summed E-state index contributed by atoms with van der Waals surface area (Å²) in [5.41, 5.74) is -2.32. The standard InChI is InChI=1S/C16H23F3N4O3/c1-15(2,3)26-14(25)23-7-5-6-22(8-9-23)13(24)11-10-21(4)20-12(11)16(17,18)19/h10H,5-9H2,1-4H3. The summed E-state index contributed by atoms with van der Waals surface area (Å²) < 4.78 is 45.5. The van der Waals surface area contributed by atoms with Crippen LogP contribution >= 0.6 is 0 Å². The van der Waals surface area contributed by atoms with Crippen molar-refractivity contribution in [2.45, 2.75) is 39.0 Å². The molecule has 0 spiro atoms. The van der Waals surface area contributed by atoms with E-state index in [9.17, 15) is 22.8 Å². The van der Waals surface area contributed by atoms with Gasteiger partial charge in [0.25, 0.3) is 5.91 Å². The van der Waals surface area contributed by atoms with E-state index in [0.29, 0.717) is 13.0 Å². The molecule has 0 atom stereocenters. The van der Waals surface area contributed by atoms with Crippen molar-refractivity contribution in [3.8, 4) is 0 Å². The van der Waals surface area contributed by atoms with Crippen molar-refractivity contribution < 1.29 is 27.5 Å². The highest BCUT2D eigenvalue weighted by Gasteiger charge is 2.40. The van der Waals surface area contributed by atoms with Crippen LogP contribution in [0.15, 0.2) is 6.20 Å². The number of ether oxygens (including phenoxy) is 1. The minimum Gasteiger partial charge on any atom is -0.444 e. The molecule has 0 N–H and O–H groups in total. The van der Waals surface area contributed by atoms with Crippen LogP contribution in [0, 0.1) is 0 Å². The Hall–Kier alpha value is -2.26. The summed E-state index contributed by atoms with van der Waals surface area (Å²) in [7, 11) is 1.33. The van der Waals surface area contributed by atoms with E-state index in [4.69, 9.17) is 4.74 Å². The molecular formula is C16H23F3N4O3. The smallest absolute Gasteiger partial charge is 0.435 e. The first kappa shape index (κ1) is 20.1. The van der Waals surface area contributed by atoms with Gasteiger partial charge in [-0.25, -0.2) is 4.79 Å². The van der Waals surface area contributed by atoms with Crippen molar-refractivity contribution in [1.29, 1.82) is 0 Å². The van der Waals surface area contributed by atoms with E-state index in [2.05, 4.69) is 5.10 Å². The lowest BCUT2D eigenvalue weighted by Crippen LogP contribution is -2.40. The van der Waals surface area contributed by atoms with Gasteiger partial charge in [-0.15, -0.1) is 0 Å². The maximum atomic E-state index is 13.1. The topological polar surface area (TPSA) is 67.7 Å². The fourth-order valence-electron chi connectivity index (χ4n) is 2.65. The van der Waals surface area contributed by atoms with Crippen LogP contribution in [0.5, 0.6) is 0 Å². The Labute approximate surface area is 149 Å². The maximum absolute atomic E-state index is 13.1. The molecule has 1 aromatic rings. The minimum absolute atomic E-state index is 0.129. The van der Waals surface area contributed by atoms with Crippen molar-refractivity contribution in [2.24, 2.45) is 7.05 Å². The van der Waals surface area contributed by atoms with Gasteiger partial charge in [0, 0.05) is 39.4 Å². The van der Waals surface area contributed by atoms with E-state index in [1.165, 1.54) is 16.8 Å². The van der Waals surface area contributed by atoms with Gasteiger partial charge in [0.05, 0.1) is 5.56 Å². The minimum atomic E-state index is -4.71. The molecule has 2 amide bonds. The van der Waals surface area contributed by atoms with E-state index in [1.807, 2.05) is 0 Å². The maximum Gasteiger partial charge on any atom is 0.435 e. The molecule has 1 saturated heterocycles. The molecule has 0 bridgehead atoms. The summed E-state index contributed by atoms with van der Waals surface area (Å²) in [6.45, 7) is 6.20. The second-order valence-electron chi connectivity index (χ2n) is 7.18. The third-order valence-corrected chi connectivity index (χ3v) is 3.76. The number of carbonyl (C=O) groups is 2. The third kappa shape index (κ3) is 4.89. The molecule has 0 saturated carbocycles. The number of aryl methyl sites for hydroxylation is 1. The van der Waals surface area contributed by atoms with E-state index in [-0.39, 0.29) is 19.6 Å². The first-order valence-corrected chi connectivity index (χ1v) is 8.26. The number of hydrogen-bond donors (Lipinski definition) is 0. The highest BCUT2D eigenvalue weighted by Crippen LogP contribution is 2.31. The molecule has 2 heterocycles. The highest BCUT2D eigenvalue weighted by atomic mass is 19.4. The first-order chi connectivity index (χ1) is 11.9. The quantitative estimate of drug-likeness (QED) is 0.755. The van der Waals surface area contributed by atoms with Gasteiger partial charge in [0.1, 0.15) is 5.60 Å². The second kappa shape index (κ2) is 7.16. The van der Waals surface area contributed by atoms with Gasteiger partial charge < -0.3 is 14.5 Å². The third-order valence-electron chi connectivity index (χ3n) is 3.76. The van der Waals surface area contributed by atoms with E-state index in [1.54, 1.807) is 20.8 Å². The normalized spacial score (nSPS) is 16.4. The van der Waals surface area contributed by atoms with E-state index < -0.39 is 35.0 Å². The van der Waals surface area contributed by atoms with Crippen LogP contribution in [0.2, 0.25) is 0 Å². The van der Waals surface area contributed by atoms with E-state index >= 15 is 0 Å². The molecule has 10 heteroatoms. The fourth-order valence-corrected chi connectivity index (χ4v) is 2.65. The monoisotopic (exact) mass is 376 g/mol. The van der Waals surface area contributed by atoms with Crippen LogP contribution in [0.3, 0.4) is 0 Å². The van der Waals surface area contributed by atoms with E-state index in [0.717, 1.165) is 10.9 Å². The molecule has 1 aliphatic heterocycles. The molecule has 1 aliphatic rings. The second-order valence-corrected chi connectivity index (χ2v) is 7.18. The number of nitrogens with zero attached hydrogens (tertiary/aromatic N) is 4. The summed E-state index contributed by atoms with van der Waals surface area (Å²) >= 11 is 0. The summed E-state index contributed by atoms with van der Waals surface area (Å²) in [5, 5.41) is 3.36. The molecule has 0 radical (unpaired) electrons. The van der Waals surface area contributed by atoms with Crippen LogP contribution in [-0.2, 0) is 18.0 Å². The predicted octanol–water partition coefficient (Wildman–Crippen LogP) is 2.52. The zero-order valence-electron chi connectivity index (χ0n) is 15.3. The van der Waals surface area contributed by atoms with Gasteiger partial charge in [-0.05, 0) is 27.2 Å². The molecule has 2 rings (SSSR count). The summed E-state index contributed by atoms with van der Waals surface area (Å²) in [6.07, 6.45) is -3.68. The predicted molar refractivity (Wildman–Crippen MR) is 86.5 cm³/mol. The van der Waals surface area contributed by atoms with Crippen molar-refractivity contribution in [3.63, 3.8) is 0 Å². The molecule has 26 heavy (non-hydrogen) atoms. The number of alkyl halides is 3. The molecule has 1 fully saturated rings. The van der Waals surface area contributed by atoms with Crippen LogP contribution in [0.25, 0.3) is 0 Å². The largest absolute Gasteiger partial charge is 0.444 e. The first-order valence-electron chi connectivity index (χ1n) is 8.26. The molecule has 146 valence electrons. The summed E-state index contributed by atoms with van der Waals surface area (Å²) in [6, 6.07) is 0. The zero-order valence-corrected chi connectivity index (χ0v) is 15.3. The molecule has 7 nitrogen and oxygen atoms in total. The fraction of sp³-hybridized carbons (Fsp3) is 0.688. The lowest BCUT2D eigenvalue weighted by Gasteiger charge is -2.26. The zero-order chi connectivity index (χ0) is 19.7. The highest BCUT2D eigenvalue weighted by molar-refractivity contribution is 5.95. The average Bonchev–Trinajstić information content (AvgIpc) is 2.73. The van der Waals surface area contributed by atoms with Crippen LogP contribution in [0.4, 0.5) is 18.0 Å². The van der Waals surface area contributed by atoms with Gasteiger partial charge in [-0.3, -0.25) is 9.48 Å². The molecule has 1 aromatic heterocycles. The SMILES string of the molecule is Cn1cc(C(=O)N2CCCN(C(=O)OC(C)(C)C)CC2)c(C(F)(F)F)n1. The summed E-state index contributed by atoms with van der Waals surface area (Å²) in [5.74, 6) is -0.739. The van der Waals surface area contributed by atoms with Gasteiger partial charge in [-0.1, -0.05) is 0 Å². The van der Waals surface area contributed by atoms with Gasteiger partial charge in [0.2, 0.25) is 0 Å².